The lowest BCUT2D eigenvalue weighted by atomic mass is 10.2. The van der Waals surface area contributed by atoms with Crippen LogP contribution in [0.1, 0.15) is 18.4 Å². The molecule has 2 rings (SSSR count). The molecule has 1 aromatic carbocycles. The summed E-state index contributed by atoms with van der Waals surface area (Å²) in [5, 5.41) is 23.0. The Balaban J connectivity index is 2.27. The second kappa shape index (κ2) is 6.49. The molecule has 8 heteroatoms. The van der Waals surface area contributed by atoms with Gasteiger partial charge in [-0.1, -0.05) is 18.3 Å². The van der Waals surface area contributed by atoms with Crippen molar-refractivity contribution < 1.29 is 9.31 Å². The highest BCUT2D eigenvalue weighted by atomic mass is 32.1. The molecule has 0 fully saturated rings. The molecule has 0 aliphatic carbocycles. The van der Waals surface area contributed by atoms with Gasteiger partial charge in [-0.05, 0) is 25.1 Å². The fourth-order valence-electron chi connectivity index (χ4n) is 1.64. The zero-order valence-electron chi connectivity index (χ0n) is 10.8. The summed E-state index contributed by atoms with van der Waals surface area (Å²) < 4.78 is 13.3. The predicted octanol–water partition coefficient (Wildman–Crippen LogP) is 2.75. The van der Waals surface area contributed by atoms with Gasteiger partial charge in [0.15, 0.2) is 5.01 Å². The number of nitro groups is 1. The first kappa shape index (κ1) is 14.5. The number of hydrogen-bond acceptors (Lipinski definition) is 6. The van der Waals surface area contributed by atoms with E-state index in [1.807, 2.05) is 0 Å². The number of halogens is 1. The Hall–Kier alpha value is -1.93. The molecule has 0 aliphatic rings. The summed E-state index contributed by atoms with van der Waals surface area (Å²) in [7, 11) is 0. The number of nitrogens with one attached hydrogen (secondary N) is 1. The van der Waals surface area contributed by atoms with E-state index in [1.54, 1.807) is 0 Å². The van der Waals surface area contributed by atoms with Crippen molar-refractivity contribution in [1.82, 2.24) is 15.5 Å². The van der Waals surface area contributed by atoms with Gasteiger partial charge in [-0.15, -0.1) is 10.2 Å². The zero-order valence-corrected chi connectivity index (χ0v) is 11.6. The van der Waals surface area contributed by atoms with Crippen molar-refractivity contribution in [1.29, 1.82) is 0 Å². The minimum Gasteiger partial charge on any atom is -0.310 e. The molecule has 0 saturated heterocycles. The summed E-state index contributed by atoms with van der Waals surface area (Å²) in [5.41, 5.74) is -0.00939. The number of rotatable bonds is 6. The molecule has 1 aromatic heterocycles. The number of aromatic nitrogens is 2. The second-order valence-electron chi connectivity index (χ2n) is 4.10. The molecule has 0 spiro atoms. The summed E-state index contributed by atoms with van der Waals surface area (Å²) >= 11 is 1.22. The van der Waals surface area contributed by atoms with Crippen molar-refractivity contribution in [2.24, 2.45) is 0 Å². The predicted molar refractivity (Wildman–Crippen MR) is 74.0 cm³/mol. The first-order valence-corrected chi connectivity index (χ1v) is 6.91. The lowest BCUT2D eigenvalue weighted by molar-refractivity contribution is -0.384. The van der Waals surface area contributed by atoms with Gasteiger partial charge in [-0.3, -0.25) is 10.1 Å². The highest BCUT2D eigenvalue weighted by Gasteiger charge is 2.19. The monoisotopic (exact) mass is 296 g/mol. The molecule has 1 heterocycles. The van der Waals surface area contributed by atoms with E-state index in [2.05, 4.69) is 22.4 Å². The first-order valence-electron chi connectivity index (χ1n) is 6.09. The van der Waals surface area contributed by atoms with Crippen LogP contribution in [0.2, 0.25) is 0 Å². The molecule has 6 nitrogen and oxygen atoms in total. The quantitative estimate of drug-likeness (QED) is 0.503. The van der Waals surface area contributed by atoms with Crippen LogP contribution in [0.4, 0.5) is 10.1 Å². The Labute approximate surface area is 118 Å². The Kier molecular flexibility index (Phi) is 4.70. The molecule has 106 valence electrons. The standard InChI is InChI=1S/C12H13FN4O2S/c1-2-5-14-7-11-15-16-12(20-11)9-6-8(13)3-4-10(9)17(18)19/h3-4,6,14H,2,5,7H2,1H3. The van der Waals surface area contributed by atoms with Crippen LogP contribution in [0.25, 0.3) is 10.6 Å². The van der Waals surface area contributed by atoms with Gasteiger partial charge in [-0.2, -0.15) is 0 Å². The number of nitro benzene ring substituents is 1. The number of hydrogen-bond donors (Lipinski definition) is 1. The van der Waals surface area contributed by atoms with Crippen molar-refractivity contribution in [3.05, 3.63) is 39.1 Å². The second-order valence-corrected chi connectivity index (χ2v) is 5.16. The normalized spacial score (nSPS) is 10.7. The lowest BCUT2D eigenvalue weighted by Gasteiger charge is -1.99. The Bertz CT molecular complexity index is 617. The molecular formula is C12H13FN4O2S. The minimum atomic E-state index is -0.550. The van der Waals surface area contributed by atoms with Crippen LogP contribution in [0.15, 0.2) is 18.2 Å². The van der Waals surface area contributed by atoms with E-state index in [0.29, 0.717) is 16.6 Å². The van der Waals surface area contributed by atoms with E-state index >= 15 is 0 Å². The summed E-state index contributed by atoms with van der Waals surface area (Å²) in [5.74, 6) is -0.536. The van der Waals surface area contributed by atoms with Crippen LogP contribution in [0.5, 0.6) is 0 Å². The van der Waals surface area contributed by atoms with Crippen LogP contribution < -0.4 is 5.32 Å². The third-order valence-electron chi connectivity index (χ3n) is 2.56. The van der Waals surface area contributed by atoms with Crippen molar-refractivity contribution >= 4 is 17.0 Å². The largest absolute Gasteiger partial charge is 0.310 e. The van der Waals surface area contributed by atoms with E-state index in [-0.39, 0.29) is 11.3 Å². The summed E-state index contributed by atoms with van der Waals surface area (Å²) in [6, 6.07) is 3.31. The molecule has 0 unspecified atom stereocenters. The van der Waals surface area contributed by atoms with Crippen LogP contribution in [0, 0.1) is 15.9 Å². The molecule has 0 bridgehead atoms. The first-order chi connectivity index (χ1) is 9.61. The van der Waals surface area contributed by atoms with Crippen molar-refractivity contribution in [3.8, 4) is 10.6 Å². The Morgan fingerprint density at radius 3 is 2.95 bits per heavy atom. The maximum Gasteiger partial charge on any atom is 0.279 e. The summed E-state index contributed by atoms with van der Waals surface area (Å²) in [4.78, 5) is 10.4. The average Bonchev–Trinajstić information content (AvgIpc) is 2.87. The van der Waals surface area contributed by atoms with Crippen molar-refractivity contribution in [3.63, 3.8) is 0 Å². The zero-order chi connectivity index (χ0) is 14.5. The van der Waals surface area contributed by atoms with Crippen molar-refractivity contribution in [2.45, 2.75) is 19.9 Å². The van der Waals surface area contributed by atoms with Gasteiger partial charge >= 0.3 is 0 Å². The third-order valence-corrected chi connectivity index (χ3v) is 3.51. The molecule has 0 amide bonds. The highest BCUT2D eigenvalue weighted by molar-refractivity contribution is 7.14. The van der Waals surface area contributed by atoms with Crippen molar-refractivity contribution in [2.75, 3.05) is 6.54 Å². The summed E-state index contributed by atoms with van der Waals surface area (Å²) in [6.45, 7) is 3.46. The van der Waals surface area contributed by atoms with E-state index in [9.17, 15) is 14.5 Å². The topological polar surface area (TPSA) is 81.0 Å². The molecule has 0 atom stereocenters. The van der Waals surface area contributed by atoms with Gasteiger partial charge < -0.3 is 5.32 Å². The highest BCUT2D eigenvalue weighted by Crippen LogP contribution is 2.32. The average molecular weight is 296 g/mol. The molecule has 20 heavy (non-hydrogen) atoms. The number of benzene rings is 1. The molecular weight excluding hydrogens is 283 g/mol. The Morgan fingerprint density at radius 2 is 2.25 bits per heavy atom. The van der Waals surface area contributed by atoms with E-state index in [0.717, 1.165) is 31.2 Å². The van der Waals surface area contributed by atoms with E-state index in [4.69, 9.17) is 0 Å². The molecule has 0 saturated carbocycles. The fourth-order valence-corrected chi connectivity index (χ4v) is 2.48. The van der Waals surface area contributed by atoms with Crippen LogP contribution in [-0.2, 0) is 6.54 Å². The number of nitrogens with zero attached hydrogens (tertiary/aromatic N) is 3. The van der Waals surface area contributed by atoms with Gasteiger partial charge in [0.1, 0.15) is 10.8 Å². The van der Waals surface area contributed by atoms with Crippen LogP contribution in [-0.4, -0.2) is 21.7 Å². The molecule has 0 radical (unpaired) electrons. The van der Waals surface area contributed by atoms with Gasteiger partial charge in [0, 0.05) is 12.6 Å². The van der Waals surface area contributed by atoms with E-state index < -0.39 is 10.7 Å². The molecule has 2 aromatic rings. The van der Waals surface area contributed by atoms with E-state index in [1.165, 1.54) is 11.3 Å². The SMILES string of the molecule is CCCNCc1nnc(-c2cc(F)ccc2[N+](=O)[O-])s1. The van der Waals surface area contributed by atoms with Gasteiger partial charge in [0.25, 0.3) is 5.69 Å². The smallest absolute Gasteiger partial charge is 0.279 e. The molecule has 1 N–H and O–H groups in total. The maximum atomic E-state index is 13.3. The fraction of sp³-hybridized carbons (Fsp3) is 0.333. The van der Waals surface area contributed by atoms with Gasteiger partial charge in [0.05, 0.1) is 10.5 Å². The lowest BCUT2D eigenvalue weighted by Crippen LogP contribution is -2.13. The van der Waals surface area contributed by atoms with Crippen LogP contribution in [0.3, 0.4) is 0 Å². The molecule has 0 aliphatic heterocycles. The minimum absolute atomic E-state index is 0.161. The van der Waals surface area contributed by atoms with Crippen LogP contribution >= 0.6 is 11.3 Å². The van der Waals surface area contributed by atoms with Gasteiger partial charge in [-0.25, -0.2) is 4.39 Å². The maximum absolute atomic E-state index is 13.3. The Morgan fingerprint density at radius 1 is 1.45 bits per heavy atom. The summed E-state index contributed by atoms with van der Waals surface area (Å²) in [6.07, 6.45) is 1.00. The van der Waals surface area contributed by atoms with Gasteiger partial charge in [0.2, 0.25) is 0 Å². The third kappa shape index (κ3) is 3.34.